The van der Waals surface area contributed by atoms with Gasteiger partial charge in [-0.05, 0) is 43.9 Å². The fraction of sp³-hybridized carbons (Fsp3) is 0.875. The van der Waals surface area contributed by atoms with Gasteiger partial charge in [0.05, 0.1) is 5.92 Å². The molecule has 0 bridgehead atoms. The average Bonchev–Trinajstić information content (AvgIpc) is 2.46. The molecular weight excluding hydrogens is 268 g/mol. The Balaban J connectivity index is 1.85. The molecule has 0 aromatic rings. The number of rotatable bonds is 2. The van der Waals surface area contributed by atoms with Gasteiger partial charge in [-0.15, -0.1) is 0 Å². The number of piperidine rings is 1. The van der Waals surface area contributed by atoms with Gasteiger partial charge in [-0.2, -0.15) is 0 Å². The van der Waals surface area contributed by atoms with Gasteiger partial charge in [-0.1, -0.05) is 13.8 Å². The second kappa shape index (κ2) is 6.24. The number of carboxylic acid groups (broad SMARTS) is 1. The molecule has 120 valence electrons. The number of aliphatic carboxylic acids is 1. The number of carbonyl (C=O) groups excluding carboxylic acids is 1. The molecule has 2 amide bonds. The summed E-state index contributed by atoms with van der Waals surface area (Å²) in [6.07, 6.45) is 5.62. The minimum atomic E-state index is -0.732. The number of carbonyl (C=O) groups is 2. The average molecular weight is 296 g/mol. The number of hydrogen-bond acceptors (Lipinski definition) is 2. The van der Waals surface area contributed by atoms with E-state index in [1.54, 1.807) is 0 Å². The fourth-order valence-corrected chi connectivity index (χ4v) is 3.47. The zero-order valence-electron chi connectivity index (χ0n) is 13.5. The van der Waals surface area contributed by atoms with E-state index in [4.69, 9.17) is 5.11 Å². The zero-order chi connectivity index (χ0) is 15.6. The molecule has 0 unspecified atom stereocenters. The topological polar surface area (TPSA) is 60.9 Å². The SMILES string of the molecule is CN(C(=O)N1CCC(C(=O)O)CC1)C1CCC(C)(C)CC1. The van der Waals surface area contributed by atoms with E-state index in [1.807, 2.05) is 16.8 Å². The Morgan fingerprint density at radius 2 is 1.62 bits per heavy atom. The standard InChI is InChI=1S/C16H28N2O3/c1-16(2)8-4-13(5-9-16)17(3)15(21)18-10-6-12(7-11-18)14(19)20/h12-13H,4-11H2,1-3H3,(H,19,20). The molecule has 5 nitrogen and oxygen atoms in total. The largest absolute Gasteiger partial charge is 0.481 e. The molecule has 0 atom stereocenters. The lowest BCUT2D eigenvalue weighted by molar-refractivity contribution is -0.143. The van der Waals surface area contributed by atoms with Gasteiger partial charge in [-0.3, -0.25) is 4.79 Å². The van der Waals surface area contributed by atoms with Crippen LogP contribution in [0, 0.1) is 11.3 Å². The zero-order valence-corrected chi connectivity index (χ0v) is 13.5. The summed E-state index contributed by atoms with van der Waals surface area (Å²) >= 11 is 0. The highest BCUT2D eigenvalue weighted by molar-refractivity contribution is 5.75. The lowest BCUT2D eigenvalue weighted by atomic mass is 9.75. The maximum Gasteiger partial charge on any atom is 0.319 e. The molecule has 0 radical (unpaired) electrons. The third kappa shape index (κ3) is 3.89. The van der Waals surface area contributed by atoms with Crippen molar-refractivity contribution in [3.63, 3.8) is 0 Å². The molecule has 21 heavy (non-hydrogen) atoms. The second-order valence-electron chi connectivity index (χ2n) is 7.39. The van der Waals surface area contributed by atoms with Gasteiger partial charge in [-0.25, -0.2) is 4.79 Å². The summed E-state index contributed by atoms with van der Waals surface area (Å²) in [5.41, 5.74) is 0.403. The van der Waals surface area contributed by atoms with Gasteiger partial charge in [0.15, 0.2) is 0 Å². The highest BCUT2D eigenvalue weighted by atomic mass is 16.4. The Hall–Kier alpha value is -1.26. The number of carboxylic acids is 1. The van der Waals surface area contributed by atoms with E-state index in [0.717, 1.165) is 25.7 Å². The molecule has 1 N–H and O–H groups in total. The highest BCUT2D eigenvalue weighted by Crippen LogP contribution is 2.36. The first-order valence-corrected chi connectivity index (χ1v) is 8.05. The summed E-state index contributed by atoms with van der Waals surface area (Å²) in [5.74, 6) is -1.01. The van der Waals surface area contributed by atoms with Gasteiger partial charge >= 0.3 is 12.0 Å². The minimum absolute atomic E-state index is 0.0727. The number of nitrogens with zero attached hydrogens (tertiary/aromatic N) is 2. The first-order valence-electron chi connectivity index (χ1n) is 8.05. The van der Waals surface area contributed by atoms with Crippen LogP contribution >= 0.6 is 0 Å². The van der Waals surface area contributed by atoms with Gasteiger partial charge in [0, 0.05) is 26.2 Å². The molecule has 0 aromatic carbocycles. The quantitative estimate of drug-likeness (QED) is 0.852. The molecule has 1 aliphatic carbocycles. The molecule has 1 aliphatic heterocycles. The summed E-state index contributed by atoms with van der Waals surface area (Å²) in [6, 6.07) is 0.409. The Morgan fingerprint density at radius 3 is 2.10 bits per heavy atom. The Kier molecular flexibility index (Phi) is 4.79. The van der Waals surface area contributed by atoms with Gasteiger partial charge < -0.3 is 14.9 Å². The second-order valence-corrected chi connectivity index (χ2v) is 7.39. The van der Waals surface area contributed by atoms with Crippen LogP contribution in [0.25, 0.3) is 0 Å². The van der Waals surface area contributed by atoms with Gasteiger partial charge in [0.1, 0.15) is 0 Å². The predicted molar refractivity (Wildman–Crippen MR) is 81.1 cm³/mol. The van der Waals surface area contributed by atoms with Crippen molar-refractivity contribution in [2.45, 2.75) is 58.4 Å². The predicted octanol–water partition coefficient (Wildman–Crippen LogP) is 2.80. The van der Waals surface area contributed by atoms with Crippen molar-refractivity contribution in [2.24, 2.45) is 11.3 Å². The Labute approximate surface area is 127 Å². The van der Waals surface area contributed by atoms with E-state index < -0.39 is 5.97 Å². The molecule has 1 saturated heterocycles. The minimum Gasteiger partial charge on any atom is -0.481 e. The van der Waals surface area contributed by atoms with E-state index in [0.29, 0.717) is 37.4 Å². The van der Waals surface area contributed by atoms with Crippen molar-refractivity contribution in [1.29, 1.82) is 0 Å². The summed E-state index contributed by atoms with van der Waals surface area (Å²) in [6.45, 7) is 5.72. The fourth-order valence-electron chi connectivity index (χ4n) is 3.47. The monoisotopic (exact) mass is 296 g/mol. The smallest absolute Gasteiger partial charge is 0.319 e. The molecule has 1 saturated carbocycles. The molecule has 2 fully saturated rings. The van der Waals surface area contributed by atoms with Gasteiger partial charge in [0.2, 0.25) is 0 Å². The summed E-state index contributed by atoms with van der Waals surface area (Å²) in [5, 5.41) is 9.01. The highest BCUT2D eigenvalue weighted by Gasteiger charge is 2.33. The van der Waals surface area contributed by atoms with Crippen molar-refractivity contribution in [3.05, 3.63) is 0 Å². The van der Waals surface area contributed by atoms with Gasteiger partial charge in [0.25, 0.3) is 0 Å². The van der Waals surface area contributed by atoms with Crippen LogP contribution in [-0.2, 0) is 4.79 Å². The number of amides is 2. The molecule has 2 rings (SSSR count). The van der Waals surface area contributed by atoms with Crippen LogP contribution in [0.1, 0.15) is 52.4 Å². The summed E-state index contributed by atoms with van der Waals surface area (Å²) in [7, 11) is 1.90. The van der Waals surface area contributed by atoms with Crippen molar-refractivity contribution in [3.8, 4) is 0 Å². The number of urea groups is 1. The van der Waals surface area contributed by atoms with E-state index >= 15 is 0 Å². The van der Waals surface area contributed by atoms with E-state index in [-0.39, 0.29) is 11.9 Å². The van der Waals surface area contributed by atoms with Crippen LogP contribution in [0.3, 0.4) is 0 Å². The lowest BCUT2D eigenvalue weighted by Gasteiger charge is -2.41. The third-order valence-corrected chi connectivity index (χ3v) is 5.27. The first kappa shape index (κ1) is 16.1. The van der Waals surface area contributed by atoms with Crippen LogP contribution in [0.4, 0.5) is 4.79 Å². The third-order valence-electron chi connectivity index (χ3n) is 5.27. The van der Waals surface area contributed by atoms with Crippen LogP contribution in [0.15, 0.2) is 0 Å². The van der Waals surface area contributed by atoms with Crippen LogP contribution in [0.5, 0.6) is 0 Å². The summed E-state index contributed by atoms with van der Waals surface area (Å²) < 4.78 is 0. The molecule has 5 heteroatoms. The van der Waals surface area contributed by atoms with E-state index in [9.17, 15) is 9.59 Å². The maximum absolute atomic E-state index is 12.5. The lowest BCUT2D eigenvalue weighted by Crippen LogP contribution is -2.50. The van der Waals surface area contributed by atoms with Crippen LogP contribution in [0.2, 0.25) is 0 Å². The molecular formula is C16H28N2O3. The normalized spacial score (nSPS) is 23.9. The Bertz CT molecular complexity index is 390. The molecule has 0 spiro atoms. The van der Waals surface area contributed by atoms with Crippen LogP contribution < -0.4 is 0 Å². The first-order chi connectivity index (χ1) is 9.80. The number of likely N-dealkylation sites (tertiary alicyclic amines) is 1. The molecule has 1 heterocycles. The van der Waals surface area contributed by atoms with E-state index in [2.05, 4.69) is 13.8 Å². The van der Waals surface area contributed by atoms with Crippen molar-refractivity contribution in [1.82, 2.24) is 9.80 Å². The molecule has 2 aliphatic rings. The van der Waals surface area contributed by atoms with Crippen molar-refractivity contribution in [2.75, 3.05) is 20.1 Å². The molecule has 0 aromatic heterocycles. The number of hydrogen-bond donors (Lipinski definition) is 1. The Morgan fingerprint density at radius 1 is 1.10 bits per heavy atom. The van der Waals surface area contributed by atoms with Crippen LogP contribution in [-0.4, -0.2) is 53.1 Å². The van der Waals surface area contributed by atoms with E-state index in [1.165, 1.54) is 0 Å². The van der Waals surface area contributed by atoms with Crippen molar-refractivity contribution < 1.29 is 14.7 Å². The maximum atomic E-state index is 12.5. The van der Waals surface area contributed by atoms with Crippen molar-refractivity contribution >= 4 is 12.0 Å². The summed E-state index contributed by atoms with van der Waals surface area (Å²) in [4.78, 5) is 27.2.